The van der Waals surface area contributed by atoms with Gasteiger partial charge in [-0.05, 0) is 20.4 Å². The molecule has 0 fully saturated rings. The molecule has 0 amide bonds. The van der Waals surface area contributed by atoms with Crippen molar-refractivity contribution in [3.63, 3.8) is 0 Å². The van der Waals surface area contributed by atoms with Gasteiger partial charge < -0.3 is 10.1 Å². The Hall–Kier alpha value is -1.15. The van der Waals surface area contributed by atoms with Gasteiger partial charge in [-0.2, -0.15) is 18.3 Å². The number of likely N-dealkylation sites (N-methyl/N-ethyl adjacent to an activating group) is 1. The van der Waals surface area contributed by atoms with Gasteiger partial charge in [0, 0.05) is 25.6 Å². The standard InChI is InChI=1S/C11H19F3N4O/c1-3-18-10(16-8-17-18)6-9(15-2)4-5-19-7-11(12,13)14/h8-9,15H,3-7H2,1-2H3. The quantitative estimate of drug-likeness (QED) is 0.731. The zero-order chi connectivity index (χ0) is 14.3. The van der Waals surface area contributed by atoms with Crippen molar-refractivity contribution in [3.8, 4) is 0 Å². The molecule has 110 valence electrons. The lowest BCUT2D eigenvalue weighted by Crippen LogP contribution is -2.31. The Kier molecular flexibility index (Phi) is 6.23. The van der Waals surface area contributed by atoms with E-state index in [0.717, 1.165) is 12.4 Å². The molecule has 5 nitrogen and oxygen atoms in total. The van der Waals surface area contributed by atoms with E-state index < -0.39 is 12.8 Å². The molecule has 1 aromatic rings. The van der Waals surface area contributed by atoms with Crippen molar-refractivity contribution in [2.75, 3.05) is 20.3 Å². The molecule has 0 aromatic carbocycles. The largest absolute Gasteiger partial charge is 0.411 e. The molecule has 1 heterocycles. The van der Waals surface area contributed by atoms with Gasteiger partial charge >= 0.3 is 6.18 Å². The fraction of sp³-hybridized carbons (Fsp3) is 0.818. The Balaban J connectivity index is 2.34. The van der Waals surface area contributed by atoms with Crippen molar-refractivity contribution >= 4 is 0 Å². The lowest BCUT2D eigenvalue weighted by Gasteiger charge is -2.16. The van der Waals surface area contributed by atoms with E-state index in [9.17, 15) is 13.2 Å². The van der Waals surface area contributed by atoms with E-state index in [4.69, 9.17) is 0 Å². The fourth-order valence-electron chi connectivity index (χ4n) is 1.69. The van der Waals surface area contributed by atoms with Crippen LogP contribution in [0, 0.1) is 0 Å². The second kappa shape index (κ2) is 7.44. The van der Waals surface area contributed by atoms with Crippen LogP contribution < -0.4 is 5.32 Å². The van der Waals surface area contributed by atoms with E-state index in [1.54, 1.807) is 11.7 Å². The van der Waals surface area contributed by atoms with Gasteiger partial charge in [0.25, 0.3) is 0 Å². The van der Waals surface area contributed by atoms with E-state index in [0.29, 0.717) is 12.8 Å². The van der Waals surface area contributed by atoms with Crippen molar-refractivity contribution in [2.24, 2.45) is 0 Å². The second-order valence-electron chi connectivity index (χ2n) is 4.14. The molecule has 0 aliphatic rings. The van der Waals surface area contributed by atoms with Crippen LogP contribution in [0.3, 0.4) is 0 Å². The van der Waals surface area contributed by atoms with Gasteiger partial charge in [0.1, 0.15) is 18.8 Å². The first-order valence-corrected chi connectivity index (χ1v) is 6.14. The van der Waals surface area contributed by atoms with Crippen molar-refractivity contribution in [2.45, 2.75) is 38.5 Å². The van der Waals surface area contributed by atoms with Crippen LogP contribution in [0.1, 0.15) is 19.2 Å². The van der Waals surface area contributed by atoms with Gasteiger partial charge in [-0.1, -0.05) is 0 Å². The summed E-state index contributed by atoms with van der Waals surface area (Å²) in [5, 5.41) is 7.10. The van der Waals surface area contributed by atoms with Crippen LogP contribution in [0.5, 0.6) is 0 Å². The smallest absolute Gasteiger partial charge is 0.372 e. The number of nitrogens with one attached hydrogen (secondary N) is 1. The minimum Gasteiger partial charge on any atom is -0.372 e. The predicted octanol–water partition coefficient (Wildman–Crippen LogP) is 1.40. The average Bonchev–Trinajstić information content (AvgIpc) is 2.78. The van der Waals surface area contributed by atoms with E-state index >= 15 is 0 Å². The first-order valence-electron chi connectivity index (χ1n) is 6.14. The topological polar surface area (TPSA) is 52.0 Å². The third-order valence-corrected chi connectivity index (χ3v) is 2.71. The van der Waals surface area contributed by atoms with Crippen molar-refractivity contribution in [1.82, 2.24) is 20.1 Å². The molecule has 0 aliphatic carbocycles. The summed E-state index contributed by atoms with van der Waals surface area (Å²) < 4.78 is 42.1. The van der Waals surface area contributed by atoms with Crippen LogP contribution in [0.15, 0.2) is 6.33 Å². The lowest BCUT2D eigenvalue weighted by molar-refractivity contribution is -0.174. The molecule has 0 aliphatic heterocycles. The Labute approximate surface area is 110 Å². The summed E-state index contributed by atoms with van der Waals surface area (Å²) in [5.74, 6) is 0.817. The predicted molar refractivity (Wildman–Crippen MR) is 63.7 cm³/mol. The molecule has 1 atom stereocenters. The number of aromatic nitrogens is 3. The SMILES string of the molecule is CCn1ncnc1CC(CCOCC(F)(F)F)NC. The van der Waals surface area contributed by atoms with Crippen LogP contribution in [-0.4, -0.2) is 47.2 Å². The normalized spacial score (nSPS) is 13.7. The molecule has 8 heteroatoms. The maximum absolute atomic E-state index is 11.9. The monoisotopic (exact) mass is 280 g/mol. The first kappa shape index (κ1) is 15.9. The number of aryl methyl sites for hydroxylation is 1. The van der Waals surface area contributed by atoms with Gasteiger partial charge in [-0.25, -0.2) is 4.98 Å². The summed E-state index contributed by atoms with van der Waals surface area (Å²) in [7, 11) is 1.76. The maximum atomic E-state index is 11.9. The molecular formula is C11H19F3N4O. The molecular weight excluding hydrogens is 261 g/mol. The number of halogens is 3. The summed E-state index contributed by atoms with van der Waals surface area (Å²) in [4.78, 5) is 4.13. The molecule has 1 unspecified atom stereocenters. The minimum atomic E-state index is -4.27. The number of alkyl halides is 3. The molecule has 0 radical (unpaired) electrons. The van der Waals surface area contributed by atoms with Gasteiger partial charge in [-0.15, -0.1) is 0 Å². The number of ether oxygens (including phenoxy) is 1. The Morgan fingerprint density at radius 2 is 2.21 bits per heavy atom. The highest BCUT2D eigenvalue weighted by Gasteiger charge is 2.27. The summed E-state index contributed by atoms with van der Waals surface area (Å²) in [6.07, 6.45) is -1.69. The Morgan fingerprint density at radius 1 is 1.47 bits per heavy atom. The Bertz CT molecular complexity index is 367. The second-order valence-corrected chi connectivity index (χ2v) is 4.14. The zero-order valence-electron chi connectivity index (χ0n) is 11.1. The van der Waals surface area contributed by atoms with E-state index in [-0.39, 0.29) is 12.6 Å². The van der Waals surface area contributed by atoms with Crippen LogP contribution in [0.25, 0.3) is 0 Å². The number of hydrogen-bond donors (Lipinski definition) is 1. The third-order valence-electron chi connectivity index (χ3n) is 2.71. The van der Waals surface area contributed by atoms with E-state index in [1.807, 2.05) is 6.92 Å². The highest BCUT2D eigenvalue weighted by Crippen LogP contribution is 2.14. The molecule has 19 heavy (non-hydrogen) atoms. The summed E-state index contributed by atoms with van der Waals surface area (Å²) >= 11 is 0. The minimum absolute atomic E-state index is 0.0164. The summed E-state index contributed by atoms with van der Waals surface area (Å²) in [5.41, 5.74) is 0. The third kappa shape index (κ3) is 6.02. The summed E-state index contributed by atoms with van der Waals surface area (Å²) in [6, 6.07) is 0.0164. The Morgan fingerprint density at radius 3 is 2.79 bits per heavy atom. The summed E-state index contributed by atoms with van der Waals surface area (Å²) in [6.45, 7) is 1.54. The van der Waals surface area contributed by atoms with Crippen LogP contribution in [-0.2, 0) is 17.7 Å². The fourth-order valence-corrected chi connectivity index (χ4v) is 1.69. The van der Waals surface area contributed by atoms with Crippen molar-refractivity contribution in [3.05, 3.63) is 12.2 Å². The van der Waals surface area contributed by atoms with Crippen molar-refractivity contribution < 1.29 is 17.9 Å². The first-order chi connectivity index (χ1) is 8.96. The highest BCUT2D eigenvalue weighted by atomic mass is 19.4. The van der Waals surface area contributed by atoms with Crippen molar-refractivity contribution in [1.29, 1.82) is 0 Å². The van der Waals surface area contributed by atoms with Gasteiger partial charge in [0.05, 0.1) is 0 Å². The average molecular weight is 280 g/mol. The van der Waals surface area contributed by atoms with Gasteiger partial charge in [0.2, 0.25) is 0 Å². The van der Waals surface area contributed by atoms with Gasteiger partial charge in [0.15, 0.2) is 0 Å². The zero-order valence-corrected chi connectivity index (χ0v) is 11.1. The van der Waals surface area contributed by atoms with Crippen LogP contribution in [0.4, 0.5) is 13.2 Å². The van der Waals surface area contributed by atoms with E-state index in [1.165, 1.54) is 6.33 Å². The number of nitrogens with zero attached hydrogens (tertiary/aromatic N) is 3. The van der Waals surface area contributed by atoms with Crippen LogP contribution >= 0.6 is 0 Å². The molecule has 1 rings (SSSR count). The highest BCUT2D eigenvalue weighted by molar-refractivity contribution is 4.89. The number of rotatable bonds is 8. The molecule has 0 saturated carbocycles. The van der Waals surface area contributed by atoms with E-state index in [2.05, 4.69) is 20.1 Å². The molecule has 1 aromatic heterocycles. The number of hydrogen-bond acceptors (Lipinski definition) is 4. The molecule has 0 bridgehead atoms. The molecule has 1 N–H and O–H groups in total. The molecule has 0 saturated heterocycles. The van der Waals surface area contributed by atoms with Gasteiger partial charge in [-0.3, -0.25) is 4.68 Å². The van der Waals surface area contributed by atoms with Crippen LogP contribution in [0.2, 0.25) is 0 Å². The lowest BCUT2D eigenvalue weighted by atomic mass is 10.1. The maximum Gasteiger partial charge on any atom is 0.411 e. The molecule has 0 spiro atoms.